The topological polar surface area (TPSA) is 59.6 Å². The van der Waals surface area contributed by atoms with Crippen LogP contribution in [0.3, 0.4) is 0 Å². The van der Waals surface area contributed by atoms with Gasteiger partial charge in [-0.15, -0.1) is 0 Å². The smallest absolute Gasteiger partial charge is 0.222 e. The lowest BCUT2D eigenvalue weighted by Crippen LogP contribution is -2.43. The first-order valence-electron chi connectivity index (χ1n) is 5.88. The van der Waals surface area contributed by atoms with E-state index in [2.05, 4.69) is 10.6 Å². The molecule has 1 saturated heterocycles. The molecule has 0 aromatic carbocycles. The summed E-state index contributed by atoms with van der Waals surface area (Å²) in [6.45, 7) is 4.84. The zero-order valence-corrected chi connectivity index (χ0v) is 10.1. The van der Waals surface area contributed by atoms with Crippen LogP contribution in [-0.2, 0) is 14.3 Å². The Morgan fingerprint density at radius 1 is 1.44 bits per heavy atom. The van der Waals surface area contributed by atoms with Crippen molar-refractivity contribution in [3.63, 3.8) is 0 Å². The Morgan fingerprint density at radius 2 is 2.25 bits per heavy atom. The van der Waals surface area contributed by atoms with Crippen LogP contribution in [0, 0.1) is 0 Å². The van der Waals surface area contributed by atoms with Crippen molar-refractivity contribution in [3.05, 3.63) is 0 Å². The quantitative estimate of drug-likeness (QED) is 0.600. The molecule has 5 nitrogen and oxygen atoms in total. The number of amides is 1. The predicted molar refractivity (Wildman–Crippen MR) is 61.3 cm³/mol. The van der Waals surface area contributed by atoms with Crippen LogP contribution in [0.4, 0.5) is 0 Å². The second-order valence-electron chi connectivity index (χ2n) is 3.97. The van der Waals surface area contributed by atoms with Gasteiger partial charge in [-0.2, -0.15) is 0 Å². The highest BCUT2D eigenvalue weighted by atomic mass is 16.5. The first-order chi connectivity index (χ1) is 7.77. The minimum absolute atomic E-state index is 0.0341. The van der Waals surface area contributed by atoms with Gasteiger partial charge in [-0.1, -0.05) is 6.92 Å². The Bertz CT molecular complexity index is 211. The number of carbonyl (C=O) groups excluding carboxylic acids is 1. The van der Waals surface area contributed by atoms with Crippen LogP contribution in [0.25, 0.3) is 0 Å². The zero-order chi connectivity index (χ0) is 11.8. The van der Waals surface area contributed by atoms with Crippen LogP contribution >= 0.6 is 0 Å². The maximum Gasteiger partial charge on any atom is 0.222 e. The van der Waals surface area contributed by atoms with Crippen molar-refractivity contribution in [1.82, 2.24) is 10.6 Å². The van der Waals surface area contributed by atoms with Gasteiger partial charge in [0.25, 0.3) is 0 Å². The van der Waals surface area contributed by atoms with Crippen LogP contribution < -0.4 is 10.6 Å². The normalized spacial score (nSPS) is 24.6. The minimum atomic E-state index is 0.0341. The fourth-order valence-electron chi connectivity index (χ4n) is 1.74. The van der Waals surface area contributed by atoms with E-state index in [0.29, 0.717) is 13.0 Å². The largest absolute Gasteiger partial charge is 0.381 e. The molecule has 94 valence electrons. The van der Waals surface area contributed by atoms with E-state index in [4.69, 9.17) is 9.47 Å². The van der Waals surface area contributed by atoms with Crippen molar-refractivity contribution in [1.29, 1.82) is 0 Å². The highest BCUT2D eigenvalue weighted by molar-refractivity contribution is 5.76. The van der Waals surface area contributed by atoms with E-state index in [0.717, 1.165) is 26.1 Å². The summed E-state index contributed by atoms with van der Waals surface area (Å²) >= 11 is 0. The van der Waals surface area contributed by atoms with E-state index in [1.807, 2.05) is 6.92 Å². The Labute approximate surface area is 96.9 Å². The average molecular weight is 230 g/mol. The summed E-state index contributed by atoms with van der Waals surface area (Å²) in [6, 6.07) is 0.0867. The van der Waals surface area contributed by atoms with Gasteiger partial charge in [-0.25, -0.2) is 0 Å². The van der Waals surface area contributed by atoms with Gasteiger partial charge in [0.15, 0.2) is 0 Å². The van der Waals surface area contributed by atoms with Crippen LogP contribution in [0.2, 0.25) is 0 Å². The maximum absolute atomic E-state index is 11.5. The molecule has 0 bridgehead atoms. The molecule has 0 aromatic heterocycles. The molecule has 0 spiro atoms. The molecular weight excluding hydrogens is 208 g/mol. The fourth-order valence-corrected chi connectivity index (χ4v) is 1.74. The average Bonchev–Trinajstić information content (AvgIpc) is 2.71. The first kappa shape index (κ1) is 13.4. The number of hydrogen-bond acceptors (Lipinski definition) is 4. The summed E-state index contributed by atoms with van der Waals surface area (Å²) in [7, 11) is 1.67. The zero-order valence-electron chi connectivity index (χ0n) is 10.1. The number of ether oxygens (including phenoxy) is 2. The van der Waals surface area contributed by atoms with Crippen molar-refractivity contribution < 1.29 is 14.3 Å². The summed E-state index contributed by atoms with van der Waals surface area (Å²) in [5.41, 5.74) is 0. The molecule has 1 aliphatic heterocycles. The summed E-state index contributed by atoms with van der Waals surface area (Å²) in [6.07, 6.45) is 1.49. The highest BCUT2D eigenvalue weighted by Crippen LogP contribution is 2.03. The molecule has 1 amide bonds. The van der Waals surface area contributed by atoms with Crippen LogP contribution in [0.1, 0.15) is 19.8 Å². The molecular formula is C11H22N2O3. The third-order valence-electron chi connectivity index (χ3n) is 2.63. The van der Waals surface area contributed by atoms with Gasteiger partial charge in [0.2, 0.25) is 5.91 Å². The van der Waals surface area contributed by atoms with Gasteiger partial charge >= 0.3 is 0 Å². The van der Waals surface area contributed by atoms with Crippen LogP contribution in [0.5, 0.6) is 0 Å². The molecule has 1 aliphatic rings. The molecule has 1 rings (SSSR count). The van der Waals surface area contributed by atoms with Crippen LogP contribution in [0.15, 0.2) is 0 Å². The van der Waals surface area contributed by atoms with E-state index in [9.17, 15) is 4.79 Å². The molecule has 1 heterocycles. The monoisotopic (exact) mass is 230 g/mol. The molecule has 0 aliphatic carbocycles. The summed E-state index contributed by atoms with van der Waals surface area (Å²) in [5, 5.41) is 6.13. The van der Waals surface area contributed by atoms with Crippen molar-refractivity contribution >= 4 is 5.91 Å². The van der Waals surface area contributed by atoms with Gasteiger partial charge in [0.1, 0.15) is 0 Å². The van der Waals surface area contributed by atoms with E-state index in [1.165, 1.54) is 0 Å². The van der Waals surface area contributed by atoms with Crippen LogP contribution in [-0.4, -0.2) is 51.5 Å². The van der Waals surface area contributed by atoms with Gasteiger partial charge in [0.05, 0.1) is 18.8 Å². The second-order valence-corrected chi connectivity index (χ2v) is 3.97. The minimum Gasteiger partial charge on any atom is -0.381 e. The van der Waals surface area contributed by atoms with Gasteiger partial charge in [-0.3, -0.25) is 4.79 Å². The number of hydrogen-bond donors (Lipinski definition) is 2. The summed E-state index contributed by atoms with van der Waals surface area (Å²) in [4.78, 5) is 11.5. The molecule has 1 unspecified atom stereocenters. The van der Waals surface area contributed by atoms with Gasteiger partial charge in [-0.05, 0) is 6.42 Å². The van der Waals surface area contributed by atoms with Crippen molar-refractivity contribution in [3.8, 4) is 0 Å². The van der Waals surface area contributed by atoms with Crippen molar-refractivity contribution in [2.45, 2.75) is 31.9 Å². The van der Waals surface area contributed by atoms with Crippen molar-refractivity contribution in [2.75, 3.05) is 33.4 Å². The number of nitrogens with one attached hydrogen (secondary N) is 2. The summed E-state index contributed by atoms with van der Waals surface area (Å²) in [5.74, 6) is 0.0341. The number of carbonyl (C=O) groups is 1. The van der Waals surface area contributed by atoms with E-state index in [-0.39, 0.29) is 18.1 Å². The molecule has 0 radical (unpaired) electrons. The standard InChI is InChI=1S/C11H22N2O3/c1-3-5-16-6-4-11(14)13-9-7-12-8-10(9)15-2/h9-10,12H,3-8H2,1-2H3,(H,13,14)/t9?,10-/m0/s1. The Morgan fingerprint density at radius 3 is 2.94 bits per heavy atom. The van der Waals surface area contributed by atoms with Crippen molar-refractivity contribution in [2.24, 2.45) is 0 Å². The first-order valence-corrected chi connectivity index (χ1v) is 5.88. The molecule has 2 N–H and O–H groups in total. The lowest BCUT2D eigenvalue weighted by molar-refractivity contribution is -0.123. The van der Waals surface area contributed by atoms with Gasteiger partial charge in [0, 0.05) is 33.2 Å². The second kappa shape index (κ2) is 7.60. The highest BCUT2D eigenvalue weighted by Gasteiger charge is 2.27. The predicted octanol–water partition coefficient (Wildman–Crippen LogP) is -0.0939. The third-order valence-corrected chi connectivity index (χ3v) is 2.63. The lowest BCUT2D eigenvalue weighted by atomic mass is 10.2. The number of methoxy groups -OCH3 is 1. The molecule has 5 heteroatoms. The third kappa shape index (κ3) is 4.47. The molecule has 1 fully saturated rings. The molecule has 2 atom stereocenters. The van der Waals surface area contributed by atoms with E-state index >= 15 is 0 Å². The maximum atomic E-state index is 11.5. The number of rotatable bonds is 7. The SMILES string of the molecule is CCCOCCC(=O)NC1CNC[C@@H]1OC. The van der Waals surface area contributed by atoms with E-state index in [1.54, 1.807) is 7.11 Å². The van der Waals surface area contributed by atoms with E-state index < -0.39 is 0 Å². The summed E-state index contributed by atoms with van der Waals surface area (Å²) < 4.78 is 10.5. The lowest BCUT2D eigenvalue weighted by Gasteiger charge is -2.18. The molecule has 0 aromatic rings. The molecule has 0 saturated carbocycles. The Balaban J connectivity index is 2.13. The fraction of sp³-hybridized carbons (Fsp3) is 0.909. The van der Waals surface area contributed by atoms with Gasteiger partial charge < -0.3 is 20.1 Å². The Kier molecular flexibility index (Phi) is 6.37. The molecule has 16 heavy (non-hydrogen) atoms. The Hall–Kier alpha value is -0.650.